The number of carbonyl (C=O) groups excluding carboxylic acids is 1. The first-order chi connectivity index (χ1) is 11.8. The molecule has 0 aliphatic carbocycles. The highest BCUT2D eigenvalue weighted by molar-refractivity contribution is 6.05. The van der Waals surface area contributed by atoms with Crippen LogP contribution in [-0.2, 0) is 6.18 Å². The fourth-order valence-electron chi connectivity index (χ4n) is 2.15. The Morgan fingerprint density at radius 1 is 1.32 bits per heavy atom. The van der Waals surface area contributed by atoms with Crippen LogP contribution in [0.25, 0.3) is 5.82 Å². The standard InChI is InChI=1S/C14H10F4N6O/c1-7-10(11(22-21-7)14(16,17)18)13(25)20-9-4-6-24(23-9)12-8(15)3-2-5-19-12/h2-6H,1H3,(H,21,22)(H,20,23,25). The summed E-state index contributed by atoms with van der Waals surface area (Å²) in [6.07, 6.45) is -2.12. The Kier molecular flexibility index (Phi) is 3.99. The van der Waals surface area contributed by atoms with Gasteiger partial charge in [-0.05, 0) is 19.1 Å². The van der Waals surface area contributed by atoms with E-state index in [1.807, 2.05) is 0 Å². The molecule has 11 heteroatoms. The molecule has 3 rings (SSSR count). The van der Waals surface area contributed by atoms with Crippen LogP contribution in [0.3, 0.4) is 0 Å². The molecule has 3 aromatic rings. The molecule has 0 fully saturated rings. The zero-order valence-corrected chi connectivity index (χ0v) is 12.6. The number of aromatic amines is 1. The van der Waals surface area contributed by atoms with E-state index in [9.17, 15) is 22.4 Å². The minimum Gasteiger partial charge on any atom is -0.305 e. The molecule has 0 bridgehead atoms. The number of alkyl halides is 3. The topological polar surface area (TPSA) is 88.5 Å². The van der Waals surface area contributed by atoms with Crippen molar-refractivity contribution in [3.8, 4) is 5.82 Å². The van der Waals surface area contributed by atoms with E-state index >= 15 is 0 Å². The predicted molar refractivity (Wildman–Crippen MR) is 77.6 cm³/mol. The SMILES string of the molecule is Cc1[nH]nc(C(F)(F)F)c1C(=O)Nc1ccn(-c2ncccc2F)n1. The number of pyridine rings is 1. The molecule has 25 heavy (non-hydrogen) atoms. The Morgan fingerprint density at radius 2 is 2.08 bits per heavy atom. The van der Waals surface area contributed by atoms with Gasteiger partial charge in [-0.3, -0.25) is 9.89 Å². The van der Waals surface area contributed by atoms with Crippen molar-refractivity contribution in [2.75, 3.05) is 5.32 Å². The number of rotatable bonds is 3. The molecule has 130 valence electrons. The van der Waals surface area contributed by atoms with Crippen molar-refractivity contribution in [3.05, 3.63) is 53.4 Å². The van der Waals surface area contributed by atoms with Gasteiger partial charge in [0.05, 0.1) is 5.56 Å². The third-order valence-corrected chi connectivity index (χ3v) is 3.23. The lowest BCUT2D eigenvalue weighted by atomic mass is 10.1. The number of carbonyl (C=O) groups is 1. The summed E-state index contributed by atoms with van der Waals surface area (Å²) in [5.74, 6) is -1.86. The van der Waals surface area contributed by atoms with Crippen molar-refractivity contribution in [3.63, 3.8) is 0 Å². The van der Waals surface area contributed by atoms with Gasteiger partial charge in [0.2, 0.25) is 0 Å². The van der Waals surface area contributed by atoms with Crippen molar-refractivity contribution < 1.29 is 22.4 Å². The van der Waals surface area contributed by atoms with E-state index in [0.717, 1.165) is 4.68 Å². The first kappa shape index (κ1) is 16.6. The molecular formula is C14H10F4N6O. The first-order valence-electron chi connectivity index (χ1n) is 6.87. The monoisotopic (exact) mass is 354 g/mol. The van der Waals surface area contributed by atoms with Gasteiger partial charge >= 0.3 is 6.18 Å². The highest BCUT2D eigenvalue weighted by Crippen LogP contribution is 2.31. The maximum absolute atomic E-state index is 13.7. The van der Waals surface area contributed by atoms with Crippen LogP contribution in [0.4, 0.5) is 23.4 Å². The maximum Gasteiger partial charge on any atom is 0.435 e. The van der Waals surface area contributed by atoms with Crippen LogP contribution in [0.1, 0.15) is 21.7 Å². The Labute approximate surface area is 137 Å². The second-order valence-electron chi connectivity index (χ2n) is 4.98. The number of amides is 1. The summed E-state index contributed by atoms with van der Waals surface area (Å²) in [7, 11) is 0. The van der Waals surface area contributed by atoms with Crippen LogP contribution < -0.4 is 5.32 Å². The molecule has 0 radical (unpaired) electrons. The molecule has 1 amide bonds. The normalized spacial score (nSPS) is 11.6. The molecular weight excluding hydrogens is 344 g/mol. The zero-order chi connectivity index (χ0) is 18.2. The predicted octanol–water partition coefficient (Wildman–Crippen LogP) is 2.71. The lowest BCUT2D eigenvalue weighted by Gasteiger charge is -2.07. The Balaban J connectivity index is 1.86. The van der Waals surface area contributed by atoms with Gasteiger partial charge in [-0.2, -0.15) is 18.3 Å². The van der Waals surface area contributed by atoms with Gasteiger partial charge in [0.15, 0.2) is 23.1 Å². The molecule has 3 heterocycles. The van der Waals surface area contributed by atoms with Gasteiger partial charge in [0, 0.05) is 24.2 Å². The molecule has 3 aromatic heterocycles. The van der Waals surface area contributed by atoms with Crippen molar-refractivity contribution in [1.82, 2.24) is 25.0 Å². The van der Waals surface area contributed by atoms with Crippen LogP contribution in [0, 0.1) is 12.7 Å². The molecule has 7 nitrogen and oxygen atoms in total. The van der Waals surface area contributed by atoms with Gasteiger partial charge < -0.3 is 5.32 Å². The summed E-state index contributed by atoms with van der Waals surface area (Å²) >= 11 is 0. The van der Waals surface area contributed by atoms with Crippen LogP contribution in [0.2, 0.25) is 0 Å². The van der Waals surface area contributed by atoms with Crippen molar-refractivity contribution in [2.24, 2.45) is 0 Å². The van der Waals surface area contributed by atoms with E-state index in [-0.39, 0.29) is 17.3 Å². The summed E-state index contributed by atoms with van der Waals surface area (Å²) in [5.41, 5.74) is -2.00. The van der Waals surface area contributed by atoms with Gasteiger partial charge in [-0.25, -0.2) is 14.1 Å². The minimum atomic E-state index is -4.78. The average Bonchev–Trinajstić information content (AvgIpc) is 3.14. The molecule has 0 aliphatic rings. The summed E-state index contributed by atoms with van der Waals surface area (Å²) in [5, 5.41) is 11.4. The van der Waals surface area contributed by atoms with Crippen LogP contribution in [0.15, 0.2) is 30.6 Å². The summed E-state index contributed by atoms with van der Waals surface area (Å²) in [6, 6.07) is 3.87. The van der Waals surface area contributed by atoms with Crippen molar-refractivity contribution in [2.45, 2.75) is 13.1 Å². The van der Waals surface area contributed by atoms with Crippen LogP contribution in [-0.4, -0.2) is 30.9 Å². The molecule has 2 N–H and O–H groups in total. The largest absolute Gasteiger partial charge is 0.435 e. The quantitative estimate of drug-likeness (QED) is 0.708. The van der Waals surface area contributed by atoms with Gasteiger partial charge in [0.25, 0.3) is 5.91 Å². The number of nitrogens with zero attached hydrogens (tertiary/aromatic N) is 4. The number of nitrogens with one attached hydrogen (secondary N) is 2. The Bertz CT molecular complexity index is 930. The first-order valence-corrected chi connectivity index (χ1v) is 6.87. The second-order valence-corrected chi connectivity index (χ2v) is 4.98. The average molecular weight is 354 g/mol. The van der Waals surface area contributed by atoms with E-state index in [1.165, 1.54) is 37.5 Å². The highest BCUT2D eigenvalue weighted by Gasteiger charge is 2.39. The smallest absolute Gasteiger partial charge is 0.305 e. The lowest BCUT2D eigenvalue weighted by molar-refractivity contribution is -0.141. The van der Waals surface area contributed by atoms with Crippen LogP contribution >= 0.6 is 0 Å². The number of anilines is 1. The van der Waals surface area contributed by atoms with E-state index in [0.29, 0.717) is 0 Å². The van der Waals surface area contributed by atoms with Crippen molar-refractivity contribution in [1.29, 1.82) is 0 Å². The number of aryl methyl sites for hydroxylation is 1. The van der Waals surface area contributed by atoms with E-state index in [1.54, 1.807) is 0 Å². The van der Waals surface area contributed by atoms with E-state index in [2.05, 4.69) is 25.6 Å². The minimum absolute atomic E-state index is 0.0416. The number of hydrogen-bond acceptors (Lipinski definition) is 4. The van der Waals surface area contributed by atoms with Gasteiger partial charge in [-0.15, -0.1) is 5.10 Å². The molecule has 0 spiro atoms. The van der Waals surface area contributed by atoms with E-state index < -0.39 is 29.2 Å². The fraction of sp³-hybridized carbons (Fsp3) is 0.143. The summed E-state index contributed by atoms with van der Waals surface area (Å²) in [4.78, 5) is 16.0. The maximum atomic E-state index is 13.7. The molecule has 0 unspecified atom stereocenters. The van der Waals surface area contributed by atoms with Gasteiger partial charge in [-0.1, -0.05) is 0 Å². The third kappa shape index (κ3) is 3.20. The number of H-pyrrole nitrogens is 1. The second kappa shape index (κ2) is 6.00. The lowest BCUT2D eigenvalue weighted by Crippen LogP contribution is -2.19. The fourth-order valence-corrected chi connectivity index (χ4v) is 2.15. The van der Waals surface area contributed by atoms with Crippen LogP contribution in [0.5, 0.6) is 0 Å². The Morgan fingerprint density at radius 3 is 2.76 bits per heavy atom. The number of hydrogen-bond donors (Lipinski definition) is 2. The number of halogens is 4. The van der Waals surface area contributed by atoms with Crippen molar-refractivity contribution >= 4 is 11.7 Å². The summed E-state index contributed by atoms with van der Waals surface area (Å²) in [6.45, 7) is 1.29. The third-order valence-electron chi connectivity index (χ3n) is 3.23. The Hall–Kier alpha value is -3.24. The molecule has 0 atom stereocenters. The molecule has 0 aliphatic heterocycles. The van der Waals surface area contributed by atoms with Gasteiger partial charge in [0.1, 0.15) is 0 Å². The number of aromatic nitrogens is 5. The highest BCUT2D eigenvalue weighted by atomic mass is 19.4. The van der Waals surface area contributed by atoms with E-state index in [4.69, 9.17) is 0 Å². The molecule has 0 saturated heterocycles. The molecule has 0 aromatic carbocycles. The summed E-state index contributed by atoms with van der Waals surface area (Å²) < 4.78 is 53.4. The zero-order valence-electron chi connectivity index (χ0n) is 12.6. The molecule has 0 saturated carbocycles.